The van der Waals surface area contributed by atoms with E-state index >= 15 is 0 Å². The van der Waals surface area contributed by atoms with Gasteiger partial charge in [-0.15, -0.1) is 11.3 Å². The number of hydrogen-bond acceptors (Lipinski definition) is 2. The summed E-state index contributed by atoms with van der Waals surface area (Å²) < 4.78 is 1.02. The van der Waals surface area contributed by atoms with Crippen LogP contribution in [0.25, 0.3) is 10.8 Å². The molecule has 1 aromatic heterocycles. The highest BCUT2D eigenvalue weighted by molar-refractivity contribution is 9.10. The van der Waals surface area contributed by atoms with Crippen molar-refractivity contribution in [1.82, 2.24) is 0 Å². The number of halogens is 1. The summed E-state index contributed by atoms with van der Waals surface area (Å²) in [6, 6.07) is 16.1. The normalized spacial score (nSPS) is 12.8. The lowest BCUT2D eigenvalue weighted by Gasteiger charge is -2.12. The lowest BCUT2D eigenvalue weighted by Crippen LogP contribution is -1.97. The van der Waals surface area contributed by atoms with Crippen LogP contribution >= 0.6 is 27.3 Å². The third kappa shape index (κ3) is 2.09. The van der Waals surface area contributed by atoms with E-state index in [1.165, 1.54) is 0 Å². The molecule has 18 heavy (non-hydrogen) atoms. The molecule has 1 atom stereocenters. The maximum Gasteiger partial charge on any atom is 0.114 e. The number of thiophene rings is 1. The number of aliphatic hydroxyl groups is 1. The Kier molecular flexibility index (Phi) is 3.20. The standard InChI is InChI=1S/C15H11BrOS/c16-11-8-14(18-9-11)15(17)13-7-3-5-10-4-1-2-6-12(10)13/h1-9,15,17H. The molecule has 0 saturated heterocycles. The van der Waals surface area contributed by atoms with Crippen LogP contribution in [0.15, 0.2) is 58.4 Å². The van der Waals surface area contributed by atoms with Crippen molar-refractivity contribution in [1.29, 1.82) is 0 Å². The highest BCUT2D eigenvalue weighted by Gasteiger charge is 2.14. The molecule has 0 aliphatic heterocycles. The summed E-state index contributed by atoms with van der Waals surface area (Å²) in [5.74, 6) is 0. The van der Waals surface area contributed by atoms with E-state index in [0.29, 0.717) is 0 Å². The molecule has 0 aliphatic rings. The SMILES string of the molecule is OC(c1cc(Br)cs1)c1cccc2ccccc12. The van der Waals surface area contributed by atoms with Gasteiger partial charge in [-0.2, -0.15) is 0 Å². The Morgan fingerprint density at radius 3 is 2.61 bits per heavy atom. The first kappa shape index (κ1) is 11.9. The van der Waals surface area contributed by atoms with Gasteiger partial charge < -0.3 is 5.11 Å². The zero-order valence-electron chi connectivity index (χ0n) is 9.51. The van der Waals surface area contributed by atoms with Gasteiger partial charge in [0.05, 0.1) is 0 Å². The molecule has 0 spiro atoms. The van der Waals surface area contributed by atoms with Crippen molar-refractivity contribution in [2.45, 2.75) is 6.10 Å². The third-order valence-electron chi connectivity index (χ3n) is 2.98. The topological polar surface area (TPSA) is 20.2 Å². The van der Waals surface area contributed by atoms with Crippen molar-refractivity contribution in [3.63, 3.8) is 0 Å². The molecular weight excluding hydrogens is 308 g/mol. The first-order chi connectivity index (χ1) is 8.75. The molecule has 90 valence electrons. The minimum absolute atomic E-state index is 0.563. The van der Waals surface area contributed by atoms with Crippen molar-refractivity contribution in [3.05, 3.63) is 68.8 Å². The van der Waals surface area contributed by atoms with Crippen molar-refractivity contribution in [2.24, 2.45) is 0 Å². The van der Waals surface area contributed by atoms with Crippen LogP contribution in [0.2, 0.25) is 0 Å². The van der Waals surface area contributed by atoms with Gasteiger partial charge in [-0.05, 0) is 38.3 Å². The van der Waals surface area contributed by atoms with Crippen molar-refractivity contribution < 1.29 is 5.11 Å². The van der Waals surface area contributed by atoms with Crippen LogP contribution in [0.5, 0.6) is 0 Å². The fraction of sp³-hybridized carbons (Fsp3) is 0.0667. The van der Waals surface area contributed by atoms with Gasteiger partial charge in [-0.1, -0.05) is 42.5 Å². The van der Waals surface area contributed by atoms with Crippen LogP contribution in [0.3, 0.4) is 0 Å². The molecule has 0 radical (unpaired) electrons. The fourth-order valence-electron chi connectivity index (χ4n) is 2.11. The summed E-state index contributed by atoms with van der Waals surface area (Å²) in [6.07, 6.45) is -0.563. The van der Waals surface area contributed by atoms with Crippen LogP contribution in [0.1, 0.15) is 16.5 Å². The van der Waals surface area contributed by atoms with Gasteiger partial charge in [0.15, 0.2) is 0 Å². The van der Waals surface area contributed by atoms with Crippen molar-refractivity contribution in [2.75, 3.05) is 0 Å². The van der Waals surface area contributed by atoms with Crippen LogP contribution in [0.4, 0.5) is 0 Å². The van der Waals surface area contributed by atoms with Crippen LogP contribution in [-0.4, -0.2) is 5.11 Å². The summed E-state index contributed by atoms with van der Waals surface area (Å²) in [4.78, 5) is 0.957. The van der Waals surface area contributed by atoms with E-state index < -0.39 is 6.10 Å². The molecule has 1 heterocycles. The van der Waals surface area contributed by atoms with Crippen LogP contribution < -0.4 is 0 Å². The quantitative estimate of drug-likeness (QED) is 0.723. The summed E-state index contributed by atoms with van der Waals surface area (Å²) >= 11 is 4.99. The summed E-state index contributed by atoms with van der Waals surface area (Å²) in [5, 5.41) is 14.7. The van der Waals surface area contributed by atoms with E-state index in [-0.39, 0.29) is 0 Å². The molecule has 0 bridgehead atoms. The van der Waals surface area contributed by atoms with Gasteiger partial charge in [-0.25, -0.2) is 0 Å². The highest BCUT2D eigenvalue weighted by Crippen LogP contribution is 2.33. The number of hydrogen-bond donors (Lipinski definition) is 1. The van der Waals surface area contributed by atoms with Crippen LogP contribution in [-0.2, 0) is 0 Å². The lowest BCUT2D eigenvalue weighted by molar-refractivity contribution is 0.225. The van der Waals surface area contributed by atoms with E-state index in [4.69, 9.17) is 0 Å². The molecule has 2 aromatic carbocycles. The zero-order chi connectivity index (χ0) is 12.5. The Balaban J connectivity index is 2.14. The van der Waals surface area contributed by atoms with E-state index in [1.807, 2.05) is 35.7 Å². The maximum atomic E-state index is 10.5. The molecule has 1 unspecified atom stereocenters. The van der Waals surface area contributed by atoms with Crippen molar-refractivity contribution in [3.8, 4) is 0 Å². The third-order valence-corrected chi connectivity index (χ3v) is 4.72. The molecule has 0 saturated carbocycles. The largest absolute Gasteiger partial charge is 0.383 e. The lowest BCUT2D eigenvalue weighted by atomic mass is 10.00. The molecule has 0 amide bonds. The maximum absolute atomic E-state index is 10.5. The summed E-state index contributed by atoms with van der Waals surface area (Å²) in [6.45, 7) is 0. The Hall–Kier alpha value is -1.16. The molecule has 0 aliphatic carbocycles. The minimum atomic E-state index is -0.563. The average Bonchev–Trinajstić information content (AvgIpc) is 2.84. The zero-order valence-corrected chi connectivity index (χ0v) is 11.9. The molecule has 1 N–H and O–H groups in total. The Labute approximate surface area is 118 Å². The molecule has 0 fully saturated rings. The smallest absolute Gasteiger partial charge is 0.114 e. The number of benzene rings is 2. The molecule has 1 nitrogen and oxygen atoms in total. The molecule has 3 rings (SSSR count). The number of rotatable bonds is 2. The minimum Gasteiger partial charge on any atom is -0.383 e. The Morgan fingerprint density at radius 2 is 1.83 bits per heavy atom. The summed E-state index contributed by atoms with van der Waals surface area (Å²) in [7, 11) is 0. The summed E-state index contributed by atoms with van der Waals surface area (Å²) in [5.41, 5.74) is 0.961. The van der Waals surface area contributed by atoms with Gasteiger partial charge in [0, 0.05) is 14.7 Å². The second-order valence-corrected chi connectivity index (χ2v) is 6.00. The average molecular weight is 319 g/mol. The van der Waals surface area contributed by atoms with Crippen LogP contribution in [0, 0.1) is 0 Å². The number of fused-ring (bicyclic) bond motifs is 1. The molecule has 3 aromatic rings. The molecule has 3 heteroatoms. The highest BCUT2D eigenvalue weighted by atomic mass is 79.9. The fourth-order valence-corrected chi connectivity index (χ4v) is 3.56. The Morgan fingerprint density at radius 1 is 1.06 bits per heavy atom. The monoisotopic (exact) mass is 318 g/mol. The van der Waals surface area contributed by atoms with Gasteiger partial charge in [-0.3, -0.25) is 0 Å². The van der Waals surface area contributed by atoms with Gasteiger partial charge >= 0.3 is 0 Å². The van der Waals surface area contributed by atoms with Gasteiger partial charge in [0.2, 0.25) is 0 Å². The predicted octanol–water partition coefficient (Wildman–Crippen LogP) is 4.75. The van der Waals surface area contributed by atoms with E-state index in [2.05, 4.69) is 34.1 Å². The van der Waals surface area contributed by atoms with Gasteiger partial charge in [0.1, 0.15) is 6.10 Å². The second-order valence-electron chi connectivity index (χ2n) is 4.14. The first-order valence-electron chi connectivity index (χ1n) is 5.65. The second kappa shape index (κ2) is 4.84. The van der Waals surface area contributed by atoms with E-state index in [0.717, 1.165) is 25.7 Å². The van der Waals surface area contributed by atoms with E-state index in [1.54, 1.807) is 11.3 Å². The first-order valence-corrected chi connectivity index (χ1v) is 7.32. The van der Waals surface area contributed by atoms with Crippen molar-refractivity contribution >= 4 is 38.0 Å². The Bertz CT molecular complexity index is 684. The predicted molar refractivity (Wildman–Crippen MR) is 80.0 cm³/mol. The number of aliphatic hydroxyl groups excluding tert-OH is 1. The van der Waals surface area contributed by atoms with E-state index in [9.17, 15) is 5.11 Å². The molecular formula is C15H11BrOS. The van der Waals surface area contributed by atoms with Gasteiger partial charge in [0.25, 0.3) is 0 Å².